The van der Waals surface area contributed by atoms with Crippen molar-refractivity contribution < 1.29 is 31.5 Å². The van der Waals surface area contributed by atoms with Crippen molar-refractivity contribution in [1.82, 2.24) is 0 Å². The van der Waals surface area contributed by atoms with E-state index in [1.807, 2.05) is 0 Å². The lowest BCUT2D eigenvalue weighted by atomic mass is 10.1. The first kappa shape index (κ1) is 17.3. The minimum Gasteiger partial charge on any atom is -0.480 e. The highest BCUT2D eigenvalue weighted by molar-refractivity contribution is 7.92. The van der Waals surface area contributed by atoms with Crippen LogP contribution >= 0.6 is 0 Å². The number of rotatable bonds is 5. The Kier molecular flexibility index (Phi) is 4.87. The summed E-state index contributed by atoms with van der Waals surface area (Å²) in [6.07, 6.45) is -3.77. The number of hydrogen-bond donors (Lipinski definition) is 1. The molecule has 0 amide bonds. The van der Waals surface area contributed by atoms with Crippen LogP contribution in [-0.4, -0.2) is 31.8 Å². The number of hydrogen-bond acceptors (Lipinski definition) is 3. The molecule has 0 aliphatic carbocycles. The van der Waals surface area contributed by atoms with Gasteiger partial charge in [0.05, 0.1) is 17.5 Å². The van der Waals surface area contributed by atoms with Crippen LogP contribution in [0.15, 0.2) is 24.3 Å². The third-order valence-electron chi connectivity index (χ3n) is 2.76. The maximum Gasteiger partial charge on any atom is 0.416 e. The van der Waals surface area contributed by atoms with Gasteiger partial charge in [-0.2, -0.15) is 13.2 Å². The second-order valence-corrected chi connectivity index (χ2v) is 6.23. The van der Waals surface area contributed by atoms with Crippen molar-refractivity contribution >= 4 is 21.7 Å². The number of anilines is 1. The highest BCUT2D eigenvalue weighted by atomic mass is 32.2. The molecule has 0 aliphatic heterocycles. The van der Waals surface area contributed by atoms with E-state index < -0.39 is 33.8 Å². The Balaban J connectivity index is 3.32. The Bertz CT molecular complexity index is 610. The average Bonchev–Trinajstić information content (AvgIpc) is 2.32. The number of alkyl halides is 3. The average molecular weight is 325 g/mol. The summed E-state index contributed by atoms with van der Waals surface area (Å²) in [5.41, 5.74) is -1.07. The molecule has 1 atom stereocenters. The van der Waals surface area contributed by atoms with E-state index >= 15 is 0 Å². The van der Waals surface area contributed by atoms with Crippen LogP contribution in [0.1, 0.15) is 18.9 Å². The Labute approximate surface area is 120 Å². The highest BCUT2D eigenvalue weighted by Crippen LogP contribution is 2.31. The number of nitrogens with zero attached hydrogens (tertiary/aromatic N) is 1. The third kappa shape index (κ3) is 4.10. The van der Waals surface area contributed by atoms with Crippen LogP contribution in [0.5, 0.6) is 0 Å². The van der Waals surface area contributed by atoms with Crippen molar-refractivity contribution in [2.24, 2.45) is 0 Å². The van der Waals surface area contributed by atoms with Crippen LogP contribution in [-0.2, 0) is 21.0 Å². The van der Waals surface area contributed by atoms with Crippen molar-refractivity contribution in [3.63, 3.8) is 0 Å². The summed E-state index contributed by atoms with van der Waals surface area (Å²) in [6, 6.07) is 1.92. The molecule has 0 saturated heterocycles. The monoisotopic (exact) mass is 325 g/mol. The Hall–Kier alpha value is -1.77. The fourth-order valence-corrected chi connectivity index (χ4v) is 3.05. The maximum atomic E-state index is 12.5. The molecule has 0 aromatic heterocycles. The lowest BCUT2D eigenvalue weighted by molar-refractivity contribution is -0.139. The summed E-state index contributed by atoms with van der Waals surface area (Å²) in [5, 5.41) is 9.07. The predicted octanol–water partition coefficient (Wildman–Crippen LogP) is 2.33. The number of benzene rings is 1. The first-order chi connectivity index (χ1) is 9.48. The summed E-state index contributed by atoms with van der Waals surface area (Å²) in [4.78, 5) is 11.1. The van der Waals surface area contributed by atoms with E-state index in [0.717, 1.165) is 18.4 Å². The van der Waals surface area contributed by atoms with Gasteiger partial charge >= 0.3 is 12.1 Å². The van der Waals surface area contributed by atoms with Gasteiger partial charge in [0, 0.05) is 0 Å². The number of aliphatic carboxylic acids is 1. The number of carbonyl (C=O) groups is 1. The van der Waals surface area contributed by atoms with Crippen molar-refractivity contribution in [2.45, 2.75) is 25.6 Å². The zero-order valence-electron chi connectivity index (χ0n) is 11.3. The molecule has 0 radical (unpaired) electrons. The zero-order valence-corrected chi connectivity index (χ0v) is 12.1. The molecule has 1 rings (SSSR count). The first-order valence-electron chi connectivity index (χ1n) is 5.88. The van der Waals surface area contributed by atoms with Crippen LogP contribution in [0.3, 0.4) is 0 Å². The van der Waals surface area contributed by atoms with E-state index in [-0.39, 0.29) is 12.1 Å². The van der Waals surface area contributed by atoms with Gasteiger partial charge in [-0.1, -0.05) is 6.92 Å². The van der Waals surface area contributed by atoms with Gasteiger partial charge in [-0.25, -0.2) is 13.2 Å². The first-order valence-corrected chi connectivity index (χ1v) is 7.72. The Morgan fingerprint density at radius 1 is 1.29 bits per heavy atom. The van der Waals surface area contributed by atoms with E-state index in [4.69, 9.17) is 5.11 Å². The van der Waals surface area contributed by atoms with Crippen LogP contribution in [0.4, 0.5) is 18.9 Å². The minimum atomic E-state index is -4.55. The molecule has 0 spiro atoms. The molecular formula is C12H14F3NO4S. The zero-order chi connectivity index (χ0) is 16.4. The van der Waals surface area contributed by atoms with Gasteiger partial charge in [-0.3, -0.25) is 4.31 Å². The third-order valence-corrected chi connectivity index (χ3v) is 3.94. The van der Waals surface area contributed by atoms with Gasteiger partial charge in [0.15, 0.2) is 0 Å². The summed E-state index contributed by atoms with van der Waals surface area (Å²) >= 11 is 0. The van der Waals surface area contributed by atoms with Gasteiger partial charge in [0.1, 0.15) is 6.04 Å². The van der Waals surface area contributed by atoms with Gasteiger partial charge in [-0.15, -0.1) is 0 Å². The van der Waals surface area contributed by atoms with Gasteiger partial charge in [-0.05, 0) is 30.7 Å². The molecule has 5 nitrogen and oxygen atoms in total. The summed E-state index contributed by atoms with van der Waals surface area (Å²) < 4.78 is 61.6. The predicted molar refractivity (Wildman–Crippen MR) is 70.5 cm³/mol. The van der Waals surface area contributed by atoms with Crippen molar-refractivity contribution in [3.8, 4) is 0 Å². The second-order valence-electron chi connectivity index (χ2n) is 4.37. The number of halogens is 3. The fourth-order valence-electron chi connectivity index (χ4n) is 1.84. The SMILES string of the molecule is CCC(C(=O)O)N(c1ccc(C(F)(F)F)cc1)S(C)(=O)=O. The molecule has 21 heavy (non-hydrogen) atoms. The van der Waals surface area contributed by atoms with Crippen LogP contribution in [0.2, 0.25) is 0 Å². The second kappa shape index (κ2) is 5.92. The van der Waals surface area contributed by atoms with Crippen LogP contribution < -0.4 is 4.31 Å². The minimum absolute atomic E-state index is 0.0244. The molecule has 0 fully saturated rings. The summed E-state index contributed by atoms with van der Waals surface area (Å²) in [6.45, 7) is 1.47. The Morgan fingerprint density at radius 3 is 2.05 bits per heavy atom. The molecule has 1 aromatic carbocycles. The van der Waals surface area contributed by atoms with E-state index in [1.165, 1.54) is 6.92 Å². The number of carboxylic acid groups (broad SMARTS) is 1. The molecule has 0 bridgehead atoms. The van der Waals surface area contributed by atoms with Crippen LogP contribution in [0, 0.1) is 0 Å². The number of carboxylic acids is 1. The van der Waals surface area contributed by atoms with E-state index in [9.17, 15) is 26.4 Å². The molecule has 1 N–H and O–H groups in total. The normalized spacial score (nSPS) is 13.8. The molecule has 118 valence electrons. The number of sulfonamides is 1. The molecule has 0 aliphatic rings. The van der Waals surface area contributed by atoms with Crippen molar-refractivity contribution in [2.75, 3.05) is 10.6 Å². The van der Waals surface area contributed by atoms with Gasteiger partial charge < -0.3 is 5.11 Å². The summed E-state index contributed by atoms with van der Waals surface area (Å²) in [7, 11) is -3.95. The van der Waals surface area contributed by atoms with Crippen LogP contribution in [0.25, 0.3) is 0 Å². The lowest BCUT2D eigenvalue weighted by Gasteiger charge is -2.28. The maximum absolute atomic E-state index is 12.5. The fraction of sp³-hybridized carbons (Fsp3) is 0.417. The van der Waals surface area contributed by atoms with Crippen molar-refractivity contribution in [3.05, 3.63) is 29.8 Å². The van der Waals surface area contributed by atoms with E-state index in [0.29, 0.717) is 16.4 Å². The largest absolute Gasteiger partial charge is 0.480 e. The van der Waals surface area contributed by atoms with E-state index in [2.05, 4.69) is 0 Å². The topological polar surface area (TPSA) is 74.7 Å². The smallest absolute Gasteiger partial charge is 0.416 e. The highest BCUT2D eigenvalue weighted by Gasteiger charge is 2.33. The van der Waals surface area contributed by atoms with Gasteiger partial charge in [0.2, 0.25) is 10.0 Å². The van der Waals surface area contributed by atoms with E-state index in [1.54, 1.807) is 0 Å². The Morgan fingerprint density at radius 2 is 1.76 bits per heavy atom. The van der Waals surface area contributed by atoms with Gasteiger partial charge in [0.25, 0.3) is 0 Å². The molecule has 9 heteroatoms. The molecular weight excluding hydrogens is 311 g/mol. The molecule has 1 unspecified atom stereocenters. The standard InChI is InChI=1S/C12H14F3NO4S/c1-3-10(11(17)18)16(21(2,19)20)9-6-4-8(5-7-9)12(13,14)15/h4-7,10H,3H2,1-2H3,(H,17,18). The quantitative estimate of drug-likeness (QED) is 0.901. The molecule has 1 aromatic rings. The molecule has 0 heterocycles. The lowest BCUT2D eigenvalue weighted by Crippen LogP contribution is -2.44. The summed E-state index contributed by atoms with van der Waals surface area (Å²) in [5.74, 6) is -1.37. The molecule has 0 saturated carbocycles. The van der Waals surface area contributed by atoms with Crippen molar-refractivity contribution in [1.29, 1.82) is 0 Å².